The quantitative estimate of drug-likeness (QED) is 0.205. The molecule has 9 heteroatoms. The van der Waals surface area contributed by atoms with Crippen molar-refractivity contribution in [1.29, 1.82) is 0 Å². The van der Waals surface area contributed by atoms with E-state index in [0.29, 0.717) is 5.96 Å². The highest BCUT2D eigenvalue weighted by Crippen LogP contribution is 2.23. The van der Waals surface area contributed by atoms with Gasteiger partial charge in [0, 0.05) is 52.5 Å². The largest absolute Gasteiger partial charge is 0.379 e. The summed E-state index contributed by atoms with van der Waals surface area (Å²) in [6.07, 6.45) is 3.55. The molecule has 1 unspecified atom stereocenters. The van der Waals surface area contributed by atoms with Crippen LogP contribution in [0.15, 0.2) is 29.3 Å². The Morgan fingerprint density at radius 2 is 1.91 bits per heavy atom. The fraction of sp³-hybridized carbons (Fsp3) is 0.667. The molecule has 2 fully saturated rings. The first-order valence-electron chi connectivity index (χ1n) is 11.9. The van der Waals surface area contributed by atoms with Crippen molar-refractivity contribution in [2.75, 3.05) is 78.0 Å². The molecule has 186 valence electrons. The summed E-state index contributed by atoms with van der Waals surface area (Å²) in [5.74, 6) is 0.671. The molecule has 0 aromatic heterocycles. The van der Waals surface area contributed by atoms with E-state index in [4.69, 9.17) is 4.74 Å². The second-order valence-corrected chi connectivity index (χ2v) is 8.84. The number of ether oxygens (including phenoxy) is 1. The van der Waals surface area contributed by atoms with Crippen molar-refractivity contribution in [2.24, 2.45) is 4.99 Å². The Labute approximate surface area is 216 Å². The van der Waals surface area contributed by atoms with Gasteiger partial charge in [0.25, 0.3) is 0 Å². The van der Waals surface area contributed by atoms with Crippen LogP contribution in [0.4, 0.5) is 5.69 Å². The van der Waals surface area contributed by atoms with Gasteiger partial charge in [-0.25, -0.2) is 4.99 Å². The second-order valence-electron chi connectivity index (χ2n) is 8.84. The first kappa shape index (κ1) is 27.7. The van der Waals surface area contributed by atoms with Crippen LogP contribution in [-0.2, 0) is 9.53 Å². The van der Waals surface area contributed by atoms with Gasteiger partial charge < -0.3 is 25.2 Å². The molecule has 8 nitrogen and oxygen atoms in total. The third-order valence-electron chi connectivity index (χ3n) is 6.11. The first-order valence-corrected chi connectivity index (χ1v) is 11.9. The predicted molar refractivity (Wildman–Crippen MR) is 146 cm³/mol. The van der Waals surface area contributed by atoms with Gasteiger partial charge in [-0.1, -0.05) is 12.1 Å². The molecule has 1 aromatic rings. The summed E-state index contributed by atoms with van der Waals surface area (Å²) in [6, 6.07) is 8.82. The van der Waals surface area contributed by atoms with Crippen LogP contribution >= 0.6 is 24.0 Å². The lowest BCUT2D eigenvalue weighted by Crippen LogP contribution is -2.42. The lowest BCUT2D eigenvalue weighted by Gasteiger charge is -2.26. The normalized spacial score (nSPS) is 17.9. The van der Waals surface area contributed by atoms with E-state index in [1.54, 1.807) is 19.0 Å². The molecule has 2 aliphatic heterocycles. The summed E-state index contributed by atoms with van der Waals surface area (Å²) < 4.78 is 5.42. The summed E-state index contributed by atoms with van der Waals surface area (Å²) in [7, 11) is 3.51. The minimum Gasteiger partial charge on any atom is -0.379 e. The molecule has 33 heavy (non-hydrogen) atoms. The van der Waals surface area contributed by atoms with Gasteiger partial charge in [-0.15, -0.1) is 24.0 Å². The number of carbonyl (C=O) groups excluding carboxylic acids is 1. The van der Waals surface area contributed by atoms with E-state index < -0.39 is 0 Å². The average molecular weight is 573 g/mol. The number of nitrogens with zero attached hydrogens (tertiary/aromatic N) is 4. The number of hydrogen-bond donors (Lipinski definition) is 2. The zero-order valence-corrected chi connectivity index (χ0v) is 22.7. The third-order valence-corrected chi connectivity index (χ3v) is 6.11. The number of guanidine groups is 1. The van der Waals surface area contributed by atoms with Crippen molar-refractivity contribution in [2.45, 2.75) is 32.2 Å². The molecule has 0 spiro atoms. The van der Waals surface area contributed by atoms with Crippen LogP contribution in [0.3, 0.4) is 0 Å². The van der Waals surface area contributed by atoms with E-state index in [-0.39, 0.29) is 42.5 Å². The number of anilines is 1. The van der Waals surface area contributed by atoms with Crippen LogP contribution in [0, 0.1) is 0 Å². The van der Waals surface area contributed by atoms with Crippen molar-refractivity contribution in [1.82, 2.24) is 20.4 Å². The van der Waals surface area contributed by atoms with Crippen molar-refractivity contribution >= 4 is 41.5 Å². The smallest absolute Gasteiger partial charge is 0.243 e. The molecule has 1 amide bonds. The molecule has 2 heterocycles. The predicted octanol–water partition coefficient (Wildman–Crippen LogP) is 2.31. The Morgan fingerprint density at radius 3 is 2.61 bits per heavy atom. The molecule has 2 saturated heterocycles. The lowest BCUT2D eigenvalue weighted by atomic mass is 10.1. The SMILES string of the molecule is CC(NC(=NCC(=O)N(C)C)NCCCN1CCOCC1)c1cccc(N2CCCC2)c1.I. The molecule has 0 aliphatic carbocycles. The summed E-state index contributed by atoms with van der Waals surface area (Å²) in [6.45, 7) is 10.0. The summed E-state index contributed by atoms with van der Waals surface area (Å²) in [4.78, 5) is 23.1. The van der Waals surface area contributed by atoms with Gasteiger partial charge in [0.05, 0.1) is 19.3 Å². The number of nitrogens with one attached hydrogen (secondary N) is 2. The van der Waals surface area contributed by atoms with Gasteiger partial charge in [0.1, 0.15) is 6.54 Å². The van der Waals surface area contributed by atoms with E-state index >= 15 is 0 Å². The number of likely N-dealkylation sites (N-methyl/N-ethyl adjacent to an activating group) is 1. The molecule has 1 atom stereocenters. The Morgan fingerprint density at radius 1 is 1.18 bits per heavy atom. The summed E-state index contributed by atoms with van der Waals surface area (Å²) in [5.41, 5.74) is 2.50. The van der Waals surface area contributed by atoms with E-state index in [1.165, 1.54) is 24.1 Å². The van der Waals surface area contributed by atoms with Gasteiger partial charge in [-0.2, -0.15) is 0 Å². The summed E-state index contributed by atoms with van der Waals surface area (Å²) in [5, 5.41) is 6.92. The Bertz CT molecular complexity index is 748. The van der Waals surface area contributed by atoms with Crippen LogP contribution < -0.4 is 15.5 Å². The van der Waals surface area contributed by atoms with E-state index in [2.05, 4.69) is 56.6 Å². The molecule has 0 radical (unpaired) electrons. The number of rotatable bonds is 9. The number of carbonyl (C=O) groups is 1. The fourth-order valence-electron chi connectivity index (χ4n) is 4.03. The highest BCUT2D eigenvalue weighted by Gasteiger charge is 2.15. The Kier molecular flexibility index (Phi) is 12.3. The fourth-order valence-corrected chi connectivity index (χ4v) is 4.03. The molecule has 2 aliphatic rings. The maximum atomic E-state index is 12.1. The molecule has 3 rings (SSSR count). The van der Waals surface area contributed by atoms with Gasteiger partial charge in [-0.3, -0.25) is 9.69 Å². The van der Waals surface area contributed by atoms with Crippen molar-refractivity contribution < 1.29 is 9.53 Å². The van der Waals surface area contributed by atoms with Gasteiger partial charge in [0.2, 0.25) is 5.91 Å². The number of halogens is 1. The van der Waals surface area contributed by atoms with Crippen LogP contribution in [0.5, 0.6) is 0 Å². The summed E-state index contributed by atoms with van der Waals surface area (Å²) >= 11 is 0. The second kappa shape index (κ2) is 14.6. The highest BCUT2D eigenvalue weighted by molar-refractivity contribution is 14.0. The Hall–Kier alpha value is -1.59. The molecular formula is C24H41IN6O2. The van der Waals surface area contributed by atoms with Crippen LogP contribution in [0.1, 0.15) is 37.8 Å². The number of amides is 1. The zero-order chi connectivity index (χ0) is 22.8. The lowest BCUT2D eigenvalue weighted by molar-refractivity contribution is -0.127. The third kappa shape index (κ3) is 9.29. The van der Waals surface area contributed by atoms with Gasteiger partial charge in [-0.05, 0) is 50.4 Å². The zero-order valence-electron chi connectivity index (χ0n) is 20.4. The maximum Gasteiger partial charge on any atom is 0.243 e. The minimum atomic E-state index is -0.0110. The number of aliphatic imine (C=N–C) groups is 1. The molecule has 2 N–H and O–H groups in total. The van der Waals surface area contributed by atoms with Crippen molar-refractivity contribution in [3.8, 4) is 0 Å². The van der Waals surface area contributed by atoms with Gasteiger partial charge >= 0.3 is 0 Å². The van der Waals surface area contributed by atoms with Gasteiger partial charge in [0.15, 0.2) is 5.96 Å². The maximum absolute atomic E-state index is 12.1. The van der Waals surface area contributed by atoms with Crippen LogP contribution in [-0.4, -0.2) is 94.8 Å². The highest BCUT2D eigenvalue weighted by atomic mass is 127. The van der Waals surface area contributed by atoms with E-state index in [9.17, 15) is 4.79 Å². The molecule has 0 saturated carbocycles. The monoisotopic (exact) mass is 572 g/mol. The topological polar surface area (TPSA) is 72.4 Å². The van der Waals surface area contributed by atoms with E-state index in [1.807, 2.05) is 0 Å². The first-order chi connectivity index (χ1) is 15.5. The standard InChI is InChI=1S/C24H40N6O2.HI/c1-20(21-8-6-9-22(18-21)30-12-4-5-13-30)27-24(26-19-23(31)28(2)3)25-10-7-11-29-14-16-32-17-15-29;/h6,8-9,18,20H,4-5,7,10-17,19H2,1-3H3,(H2,25,26,27);1H. The molecular weight excluding hydrogens is 531 g/mol. The van der Waals surface area contributed by atoms with Crippen LogP contribution in [0.25, 0.3) is 0 Å². The van der Waals surface area contributed by atoms with Crippen LogP contribution in [0.2, 0.25) is 0 Å². The van der Waals surface area contributed by atoms with Crippen molar-refractivity contribution in [3.05, 3.63) is 29.8 Å². The Balaban J connectivity index is 0.00000385. The number of morpholine rings is 1. The van der Waals surface area contributed by atoms with E-state index in [0.717, 1.165) is 58.9 Å². The average Bonchev–Trinajstić information content (AvgIpc) is 3.35. The molecule has 1 aromatic carbocycles. The minimum absolute atomic E-state index is 0. The molecule has 0 bridgehead atoms. The van der Waals surface area contributed by atoms with Crippen molar-refractivity contribution in [3.63, 3.8) is 0 Å². The number of hydrogen-bond acceptors (Lipinski definition) is 5. The number of benzene rings is 1.